The van der Waals surface area contributed by atoms with Crippen LogP contribution in [0.2, 0.25) is 0 Å². The number of aryl methyl sites for hydroxylation is 1. The van der Waals surface area contributed by atoms with Crippen LogP contribution in [0.25, 0.3) is 11.3 Å². The molecule has 2 N–H and O–H groups in total. The van der Waals surface area contributed by atoms with E-state index in [9.17, 15) is 0 Å². The van der Waals surface area contributed by atoms with E-state index in [2.05, 4.69) is 5.10 Å². The molecule has 5 nitrogen and oxygen atoms in total. The van der Waals surface area contributed by atoms with Gasteiger partial charge in [0.25, 0.3) is 0 Å². The average Bonchev–Trinajstić information content (AvgIpc) is 2.66. The maximum Gasteiger partial charge on any atom is 0.170 e. The number of rotatable bonds is 1. The molecule has 0 bridgehead atoms. The summed E-state index contributed by atoms with van der Waals surface area (Å²) in [6.07, 6.45) is 0. The van der Waals surface area contributed by atoms with Crippen LogP contribution in [0, 0.1) is 6.92 Å². The molecule has 5 heteroatoms. The molecule has 0 aliphatic carbocycles. The molecule has 2 aromatic rings. The van der Waals surface area contributed by atoms with Gasteiger partial charge in [0.15, 0.2) is 11.5 Å². The van der Waals surface area contributed by atoms with Gasteiger partial charge in [-0.1, -0.05) is 6.07 Å². The largest absolute Gasteiger partial charge is 0.486 e. The van der Waals surface area contributed by atoms with Gasteiger partial charge in [-0.05, 0) is 19.1 Å². The van der Waals surface area contributed by atoms with E-state index in [0.717, 1.165) is 28.3 Å². The monoisotopic (exact) mass is 245 g/mol. The van der Waals surface area contributed by atoms with Crippen molar-refractivity contribution in [2.24, 2.45) is 7.05 Å². The number of anilines is 1. The third-order valence-electron chi connectivity index (χ3n) is 3.16. The smallest absolute Gasteiger partial charge is 0.170 e. The predicted octanol–water partition coefficient (Wildman–Crippen LogP) is 1.75. The molecule has 3 rings (SSSR count). The second-order valence-electron chi connectivity index (χ2n) is 4.31. The van der Waals surface area contributed by atoms with Crippen molar-refractivity contribution in [1.29, 1.82) is 0 Å². The summed E-state index contributed by atoms with van der Waals surface area (Å²) in [7, 11) is 1.83. The Morgan fingerprint density at radius 1 is 1.28 bits per heavy atom. The first kappa shape index (κ1) is 11.0. The highest BCUT2D eigenvalue weighted by molar-refractivity contribution is 5.76. The second kappa shape index (κ2) is 3.94. The van der Waals surface area contributed by atoms with Gasteiger partial charge in [0, 0.05) is 18.2 Å². The number of hydrogen-bond acceptors (Lipinski definition) is 4. The maximum absolute atomic E-state index is 5.94. The second-order valence-corrected chi connectivity index (χ2v) is 4.31. The summed E-state index contributed by atoms with van der Waals surface area (Å²) in [5.74, 6) is 2.19. The Balaban J connectivity index is 2.20. The Labute approximate surface area is 105 Å². The van der Waals surface area contributed by atoms with E-state index in [4.69, 9.17) is 15.2 Å². The first-order valence-corrected chi connectivity index (χ1v) is 5.86. The lowest BCUT2D eigenvalue weighted by atomic mass is 10.1. The van der Waals surface area contributed by atoms with Crippen LogP contribution >= 0.6 is 0 Å². The van der Waals surface area contributed by atoms with Gasteiger partial charge in [-0.3, -0.25) is 4.68 Å². The van der Waals surface area contributed by atoms with Crippen molar-refractivity contribution >= 4 is 5.82 Å². The van der Waals surface area contributed by atoms with Crippen LogP contribution in [-0.4, -0.2) is 23.0 Å². The predicted molar refractivity (Wildman–Crippen MR) is 68.8 cm³/mol. The maximum atomic E-state index is 5.94. The Kier molecular flexibility index (Phi) is 2.40. The first-order chi connectivity index (χ1) is 8.68. The standard InChI is InChI=1S/C13H15N3O2/c1-8-11(15-16(2)13(8)14)9-4-3-5-10-12(9)18-7-6-17-10/h3-5H,6-7,14H2,1-2H3. The van der Waals surface area contributed by atoms with Crippen LogP contribution in [0.3, 0.4) is 0 Å². The first-order valence-electron chi connectivity index (χ1n) is 5.86. The van der Waals surface area contributed by atoms with Gasteiger partial charge in [0.05, 0.1) is 0 Å². The highest BCUT2D eigenvalue weighted by Crippen LogP contribution is 2.40. The van der Waals surface area contributed by atoms with E-state index in [1.807, 2.05) is 32.2 Å². The molecule has 0 radical (unpaired) electrons. The molecule has 0 amide bonds. The minimum atomic E-state index is 0.561. The number of nitrogens with zero attached hydrogens (tertiary/aromatic N) is 2. The number of hydrogen-bond donors (Lipinski definition) is 1. The lowest BCUT2D eigenvalue weighted by Gasteiger charge is -2.20. The minimum absolute atomic E-state index is 0.561. The van der Waals surface area contributed by atoms with Crippen molar-refractivity contribution in [3.63, 3.8) is 0 Å². The van der Waals surface area contributed by atoms with E-state index in [1.165, 1.54) is 0 Å². The van der Waals surface area contributed by atoms with E-state index in [0.29, 0.717) is 19.0 Å². The van der Waals surface area contributed by atoms with Crippen molar-refractivity contribution in [3.8, 4) is 22.8 Å². The van der Waals surface area contributed by atoms with Crippen LogP contribution in [0.1, 0.15) is 5.56 Å². The Hall–Kier alpha value is -2.17. The molecular weight excluding hydrogens is 230 g/mol. The topological polar surface area (TPSA) is 62.3 Å². The van der Waals surface area contributed by atoms with Gasteiger partial charge in [-0.2, -0.15) is 5.10 Å². The number of nitrogens with two attached hydrogens (primary N) is 1. The third kappa shape index (κ3) is 1.51. The summed E-state index contributed by atoms with van der Waals surface area (Å²) in [4.78, 5) is 0. The molecule has 1 aliphatic rings. The number of nitrogen functional groups attached to an aromatic ring is 1. The van der Waals surface area contributed by atoms with Crippen molar-refractivity contribution in [3.05, 3.63) is 23.8 Å². The van der Waals surface area contributed by atoms with Crippen LogP contribution < -0.4 is 15.2 Å². The summed E-state index contributed by atoms with van der Waals surface area (Å²) in [6.45, 7) is 3.10. The zero-order chi connectivity index (χ0) is 12.7. The summed E-state index contributed by atoms with van der Waals surface area (Å²) in [6, 6.07) is 5.81. The lowest BCUT2D eigenvalue weighted by Crippen LogP contribution is -2.15. The molecule has 1 aliphatic heterocycles. The van der Waals surface area contributed by atoms with Crippen molar-refractivity contribution in [2.45, 2.75) is 6.92 Å². The van der Waals surface area contributed by atoms with E-state index < -0.39 is 0 Å². The third-order valence-corrected chi connectivity index (χ3v) is 3.16. The van der Waals surface area contributed by atoms with Gasteiger partial charge in [-0.15, -0.1) is 0 Å². The van der Waals surface area contributed by atoms with Gasteiger partial charge >= 0.3 is 0 Å². The molecule has 2 heterocycles. The Morgan fingerprint density at radius 2 is 2.06 bits per heavy atom. The quantitative estimate of drug-likeness (QED) is 0.831. The fourth-order valence-corrected chi connectivity index (χ4v) is 2.16. The molecule has 1 aromatic carbocycles. The van der Waals surface area contributed by atoms with E-state index in [-0.39, 0.29) is 0 Å². The Bertz CT molecular complexity index is 605. The zero-order valence-corrected chi connectivity index (χ0v) is 10.4. The van der Waals surface area contributed by atoms with Crippen molar-refractivity contribution < 1.29 is 9.47 Å². The molecule has 1 aromatic heterocycles. The zero-order valence-electron chi connectivity index (χ0n) is 10.4. The average molecular weight is 245 g/mol. The normalized spacial score (nSPS) is 13.7. The fourth-order valence-electron chi connectivity index (χ4n) is 2.16. The number of fused-ring (bicyclic) bond motifs is 1. The molecule has 0 fully saturated rings. The van der Waals surface area contributed by atoms with Gasteiger partial charge < -0.3 is 15.2 Å². The Morgan fingerprint density at radius 3 is 2.78 bits per heavy atom. The summed E-state index contributed by atoms with van der Waals surface area (Å²) < 4.78 is 12.9. The van der Waals surface area contributed by atoms with Crippen molar-refractivity contribution in [2.75, 3.05) is 18.9 Å². The molecule has 18 heavy (non-hydrogen) atoms. The summed E-state index contributed by atoms with van der Waals surface area (Å²) >= 11 is 0. The molecule has 0 spiro atoms. The minimum Gasteiger partial charge on any atom is -0.486 e. The number of para-hydroxylation sites is 1. The summed E-state index contributed by atoms with van der Waals surface area (Å²) in [5.41, 5.74) is 8.68. The van der Waals surface area contributed by atoms with Crippen LogP contribution in [0.4, 0.5) is 5.82 Å². The van der Waals surface area contributed by atoms with E-state index >= 15 is 0 Å². The molecule has 0 saturated carbocycles. The number of ether oxygens (including phenoxy) is 2. The summed E-state index contributed by atoms with van der Waals surface area (Å²) in [5, 5.41) is 4.44. The highest BCUT2D eigenvalue weighted by atomic mass is 16.6. The molecule has 0 atom stereocenters. The van der Waals surface area contributed by atoms with Crippen molar-refractivity contribution in [1.82, 2.24) is 9.78 Å². The van der Waals surface area contributed by atoms with Crippen LogP contribution in [0.15, 0.2) is 18.2 Å². The van der Waals surface area contributed by atoms with Gasteiger partial charge in [0.1, 0.15) is 24.7 Å². The molecular formula is C13H15N3O2. The van der Waals surface area contributed by atoms with E-state index in [1.54, 1.807) is 4.68 Å². The number of benzene rings is 1. The molecule has 94 valence electrons. The van der Waals surface area contributed by atoms with Gasteiger partial charge in [-0.25, -0.2) is 0 Å². The van der Waals surface area contributed by atoms with Gasteiger partial charge in [0.2, 0.25) is 0 Å². The van der Waals surface area contributed by atoms with Crippen LogP contribution in [0.5, 0.6) is 11.5 Å². The molecule has 0 unspecified atom stereocenters. The SMILES string of the molecule is Cc1c(-c2cccc3c2OCCO3)nn(C)c1N. The van der Waals surface area contributed by atoms with Crippen LogP contribution in [-0.2, 0) is 7.05 Å². The molecule has 0 saturated heterocycles. The lowest BCUT2D eigenvalue weighted by molar-refractivity contribution is 0.172. The number of aromatic nitrogens is 2. The fraction of sp³-hybridized carbons (Fsp3) is 0.308. The highest BCUT2D eigenvalue weighted by Gasteiger charge is 2.21.